The Bertz CT molecular complexity index is 379. The first-order chi connectivity index (χ1) is 11.4. The molecule has 0 saturated carbocycles. The van der Waals surface area contributed by atoms with Gasteiger partial charge in [-0.2, -0.15) is 0 Å². The summed E-state index contributed by atoms with van der Waals surface area (Å²) in [7, 11) is 0. The summed E-state index contributed by atoms with van der Waals surface area (Å²) in [5.74, 6) is 2.29. The second-order valence-electron chi connectivity index (χ2n) is 7.56. The molecular weight excluding hydrogens is 310 g/mol. The number of rotatable bonds is 14. The molecule has 0 aliphatic rings. The van der Waals surface area contributed by atoms with Gasteiger partial charge in [-0.05, 0) is 63.3 Å². The van der Waals surface area contributed by atoms with Gasteiger partial charge in [-0.3, -0.25) is 0 Å². The molecule has 0 amide bonds. The third kappa shape index (κ3) is 12.0. The average molecular weight is 352 g/mol. The quantitative estimate of drug-likeness (QED) is 0.200. The first kappa shape index (κ1) is 23.6. The first-order valence-electron chi connectivity index (χ1n) is 9.86. The molecule has 0 aliphatic carbocycles. The fraction of sp³-hybridized carbons (Fsp3) is 0.773. The lowest BCUT2D eigenvalue weighted by Crippen LogP contribution is -2.35. The van der Waals surface area contributed by atoms with Crippen molar-refractivity contribution < 1.29 is 0 Å². The van der Waals surface area contributed by atoms with E-state index in [0.29, 0.717) is 12.0 Å². The molecule has 0 heterocycles. The maximum atomic E-state index is 4.40. The van der Waals surface area contributed by atoms with Crippen molar-refractivity contribution in [3.63, 3.8) is 0 Å². The van der Waals surface area contributed by atoms with Crippen LogP contribution in [0.3, 0.4) is 0 Å². The van der Waals surface area contributed by atoms with Gasteiger partial charge in [-0.1, -0.05) is 59.3 Å². The Morgan fingerprint density at radius 1 is 1.21 bits per heavy atom. The van der Waals surface area contributed by atoms with Gasteiger partial charge in [0.2, 0.25) is 0 Å². The molecule has 0 aromatic carbocycles. The van der Waals surface area contributed by atoms with Crippen LogP contribution in [0.5, 0.6) is 0 Å². The van der Waals surface area contributed by atoms with Gasteiger partial charge in [0, 0.05) is 10.9 Å². The number of hydrogen-bond acceptors (Lipinski definition) is 2. The summed E-state index contributed by atoms with van der Waals surface area (Å²) in [6, 6.07) is 0.559. The second kappa shape index (κ2) is 14.9. The summed E-state index contributed by atoms with van der Waals surface area (Å²) < 4.78 is 0. The van der Waals surface area contributed by atoms with Crippen LogP contribution < -0.4 is 5.32 Å². The minimum atomic E-state index is 0.559. The molecule has 0 aliphatic heterocycles. The Balaban J connectivity index is 4.32. The fourth-order valence-corrected chi connectivity index (χ4v) is 3.48. The number of hydrogen-bond donors (Lipinski definition) is 2. The zero-order chi connectivity index (χ0) is 18.4. The predicted octanol–water partition coefficient (Wildman–Crippen LogP) is 6.78. The van der Waals surface area contributed by atoms with Crippen molar-refractivity contribution in [1.82, 2.24) is 5.32 Å². The SMILES string of the molecule is C=C=C(S)CCC(NCCC(CCC)CC(C)C/C=C\C)C(C)C. The summed E-state index contributed by atoms with van der Waals surface area (Å²) in [6.45, 7) is 16.2. The van der Waals surface area contributed by atoms with Gasteiger partial charge in [0.05, 0.1) is 0 Å². The van der Waals surface area contributed by atoms with Crippen LogP contribution in [0.4, 0.5) is 0 Å². The molecule has 0 rings (SSSR count). The molecule has 2 heteroatoms. The maximum Gasteiger partial charge on any atom is 0.0229 e. The third-order valence-electron chi connectivity index (χ3n) is 4.87. The van der Waals surface area contributed by atoms with Gasteiger partial charge in [-0.15, -0.1) is 18.4 Å². The van der Waals surface area contributed by atoms with Gasteiger partial charge in [0.15, 0.2) is 0 Å². The van der Waals surface area contributed by atoms with Crippen molar-refractivity contribution in [2.45, 2.75) is 85.6 Å². The molecule has 0 radical (unpaired) electrons. The molecule has 24 heavy (non-hydrogen) atoms. The van der Waals surface area contributed by atoms with Crippen LogP contribution in [-0.2, 0) is 0 Å². The molecular formula is C22H41NS. The minimum absolute atomic E-state index is 0.559. The van der Waals surface area contributed by atoms with Crippen LogP contribution >= 0.6 is 12.6 Å². The molecule has 140 valence electrons. The van der Waals surface area contributed by atoms with Crippen molar-refractivity contribution in [2.75, 3.05) is 6.54 Å². The normalized spacial score (nSPS) is 15.5. The van der Waals surface area contributed by atoms with Crippen LogP contribution in [0.2, 0.25) is 0 Å². The van der Waals surface area contributed by atoms with Gasteiger partial charge in [0.1, 0.15) is 0 Å². The molecule has 0 aromatic rings. The van der Waals surface area contributed by atoms with Gasteiger partial charge >= 0.3 is 0 Å². The van der Waals surface area contributed by atoms with E-state index in [1.54, 1.807) is 0 Å². The van der Waals surface area contributed by atoms with E-state index in [1.807, 2.05) is 0 Å². The minimum Gasteiger partial charge on any atom is -0.314 e. The Labute approximate surface area is 157 Å². The number of thiol groups is 1. The van der Waals surface area contributed by atoms with Gasteiger partial charge in [0.25, 0.3) is 0 Å². The van der Waals surface area contributed by atoms with Gasteiger partial charge < -0.3 is 5.32 Å². The zero-order valence-electron chi connectivity index (χ0n) is 16.8. The molecule has 0 saturated heterocycles. The van der Waals surface area contributed by atoms with E-state index in [0.717, 1.165) is 36.1 Å². The van der Waals surface area contributed by atoms with Crippen LogP contribution in [0, 0.1) is 17.8 Å². The second-order valence-corrected chi connectivity index (χ2v) is 8.10. The van der Waals surface area contributed by atoms with E-state index in [4.69, 9.17) is 0 Å². The van der Waals surface area contributed by atoms with E-state index in [2.05, 4.69) is 77.0 Å². The lowest BCUT2D eigenvalue weighted by atomic mass is 9.87. The fourth-order valence-electron chi connectivity index (χ4n) is 3.35. The van der Waals surface area contributed by atoms with Crippen LogP contribution in [0.25, 0.3) is 0 Å². The molecule has 0 fully saturated rings. The van der Waals surface area contributed by atoms with Crippen molar-refractivity contribution >= 4 is 12.6 Å². The molecule has 0 bridgehead atoms. The Morgan fingerprint density at radius 3 is 2.46 bits per heavy atom. The smallest absolute Gasteiger partial charge is 0.0229 e. The highest BCUT2D eigenvalue weighted by Gasteiger charge is 2.15. The zero-order valence-corrected chi connectivity index (χ0v) is 17.7. The van der Waals surface area contributed by atoms with E-state index in [1.165, 1.54) is 32.1 Å². The highest BCUT2D eigenvalue weighted by Crippen LogP contribution is 2.23. The third-order valence-corrected chi connectivity index (χ3v) is 5.25. The van der Waals surface area contributed by atoms with E-state index in [-0.39, 0.29) is 0 Å². The maximum absolute atomic E-state index is 4.40. The van der Waals surface area contributed by atoms with Crippen LogP contribution in [0.1, 0.15) is 79.6 Å². The van der Waals surface area contributed by atoms with Crippen LogP contribution in [0.15, 0.2) is 29.4 Å². The highest BCUT2D eigenvalue weighted by molar-refractivity contribution is 7.84. The summed E-state index contributed by atoms with van der Waals surface area (Å²) in [6.07, 6.45) is 13.1. The number of allylic oxidation sites excluding steroid dienone is 3. The van der Waals surface area contributed by atoms with Crippen LogP contribution in [-0.4, -0.2) is 12.6 Å². The Kier molecular flexibility index (Phi) is 14.6. The largest absolute Gasteiger partial charge is 0.314 e. The lowest BCUT2D eigenvalue weighted by Gasteiger charge is -2.25. The van der Waals surface area contributed by atoms with E-state index < -0.39 is 0 Å². The van der Waals surface area contributed by atoms with E-state index in [9.17, 15) is 0 Å². The molecule has 1 N–H and O–H groups in total. The van der Waals surface area contributed by atoms with Crippen molar-refractivity contribution in [2.24, 2.45) is 17.8 Å². The summed E-state index contributed by atoms with van der Waals surface area (Å²) in [5, 5.41) is 3.79. The number of nitrogens with one attached hydrogen (secondary N) is 1. The average Bonchev–Trinajstić information content (AvgIpc) is 2.55. The molecule has 3 atom stereocenters. The van der Waals surface area contributed by atoms with Gasteiger partial charge in [-0.25, -0.2) is 0 Å². The van der Waals surface area contributed by atoms with Crippen molar-refractivity contribution in [1.29, 1.82) is 0 Å². The Morgan fingerprint density at radius 2 is 1.92 bits per heavy atom. The van der Waals surface area contributed by atoms with Crippen molar-refractivity contribution in [3.05, 3.63) is 29.4 Å². The molecule has 3 unspecified atom stereocenters. The summed E-state index contributed by atoms with van der Waals surface area (Å²) in [5.41, 5.74) is 2.89. The molecule has 0 spiro atoms. The monoisotopic (exact) mass is 351 g/mol. The highest BCUT2D eigenvalue weighted by atomic mass is 32.1. The summed E-state index contributed by atoms with van der Waals surface area (Å²) in [4.78, 5) is 0.976. The Hall–Kier alpha value is -0.430. The standard InChI is InChI=1S/C22H41NS/c1-7-10-12-19(6)17-20(11-8-2)15-16-23-22(18(4)5)14-13-21(24)9-3/h7,10,18-20,22-24H,3,8,11-17H2,1-2,4-6H3/b10-7-. The lowest BCUT2D eigenvalue weighted by molar-refractivity contribution is 0.317. The van der Waals surface area contributed by atoms with E-state index >= 15 is 0 Å². The molecule has 1 nitrogen and oxygen atoms in total. The predicted molar refractivity (Wildman–Crippen MR) is 114 cm³/mol. The van der Waals surface area contributed by atoms with Crippen molar-refractivity contribution in [3.8, 4) is 0 Å². The first-order valence-corrected chi connectivity index (χ1v) is 10.3. The molecule has 0 aromatic heterocycles. The summed E-state index contributed by atoms with van der Waals surface area (Å²) >= 11 is 4.40. The topological polar surface area (TPSA) is 12.0 Å².